The molecule has 3 heterocycles. The highest BCUT2D eigenvalue weighted by molar-refractivity contribution is 7.52. The minimum absolute atomic E-state index is 0.0493. The molecule has 0 saturated carbocycles. The molecule has 5 rings (SSSR count). The molecule has 13 nitrogen and oxygen atoms in total. The number of nitrogens with zero attached hydrogens (tertiary/aromatic N) is 4. The molecule has 1 saturated heterocycles. The third-order valence-corrected chi connectivity index (χ3v) is 7.71. The Hall–Kier alpha value is -3.58. The molecule has 1 aliphatic heterocycles. The van der Waals surface area contributed by atoms with Crippen molar-refractivity contribution < 1.29 is 33.0 Å². The molecule has 2 aromatic heterocycles. The fraction of sp³-hybridized carbons (Fsp3) is 0.280. The van der Waals surface area contributed by atoms with Gasteiger partial charge in [0.15, 0.2) is 11.5 Å². The van der Waals surface area contributed by atoms with Gasteiger partial charge in [-0.05, 0) is 29.3 Å². The number of ether oxygens (including phenoxy) is 2. The van der Waals surface area contributed by atoms with Crippen molar-refractivity contribution in [2.75, 3.05) is 18.9 Å². The van der Waals surface area contributed by atoms with Crippen molar-refractivity contribution >= 4 is 42.3 Å². The van der Waals surface area contributed by atoms with Crippen LogP contribution in [0.3, 0.4) is 0 Å². The Morgan fingerprint density at radius 3 is 2.62 bits per heavy atom. The van der Waals surface area contributed by atoms with Crippen molar-refractivity contribution in [1.29, 1.82) is 0 Å². The Morgan fingerprint density at radius 2 is 1.90 bits per heavy atom. The van der Waals surface area contributed by atoms with Gasteiger partial charge in [0.25, 0.3) is 0 Å². The predicted octanol–water partition coefficient (Wildman–Crippen LogP) is 3.25. The van der Waals surface area contributed by atoms with Crippen molar-refractivity contribution in [3.8, 4) is 5.75 Å². The minimum atomic E-state index is -4.19. The second-order valence-corrected chi connectivity index (χ2v) is 10.8. The molecule has 3 unspecified atom stereocenters. The molecule has 0 spiro atoms. The first-order valence-electron chi connectivity index (χ1n) is 12.2. The van der Waals surface area contributed by atoms with E-state index < -0.39 is 45.3 Å². The summed E-state index contributed by atoms with van der Waals surface area (Å²) >= 11 is 5.98. The Bertz CT molecular complexity index is 1510. The van der Waals surface area contributed by atoms with E-state index in [0.29, 0.717) is 11.2 Å². The summed E-state index contributed by atoms with van der Waals surface area (Å²) in [6.07, 6.45) is -0.950. The van der Waals surface area contributed by atoms with Crippen molar-refractivity contribution in [3.63, 3.8) is 0 Å². The van der Waals surface area contributed by atoms with Crippen LogP contribution < -0.4 is 15.3 Å². The number of fused-ring (bicyclic) bond motifs is 1. The predicted molar refractivity (Wildman–Crippen MR) is 144 cm³/mol. The summed E-state index contributed by atoms with van der Waals surface area (Å²) in [5.41, 5.74) is 7.35. The number of para-hydroxylation sites is 1. The molecule has 4 N–H and O–H groups in total. The van der Waals surface area contributed by atoms with E-state index in [9.17, 15) is 14.5 Å². The molecule has 0 radical (unpaired) electrons. The maximum absolute atomic E-state index is 13.9. The van der Waals surface area contributed by atoms with Gasteiger partial charge in [-0.25, -0.2) is 14.6 Å². The van der Waals surface area contributed by atoms with Crippen LogP contribution in [0.15, 0.2) is 67.0 Å². The number of hydrogen-bond donors (Lipinski definition) is 3. The monoisotopic (exact) mass is 588 g/mol. The number of nitrogens with one attached hydrogen (secondary N) is 1. The van der Waals surface area contributed by atoms with E-state index in [1.165, 1.54) is 6.33 Å². The zero-order chi connectivity index (χ0) is 28.1. The topological polar surface area (TPSA) is 173 Å². The zero-order valence-electron chi connectivity index (χ0n) is 21.0. The molecule has 1 fully saturated rings. The molecule has 210 valence electrons. The van der Waals surface area contributed by atoms with Crippen LogP contribution in [0.1, 0.15) is 18.2 Å². The Kier molecular flexibility index (Phi) is 8.60. The molecule has 15 heteroatoms. The van der Waals surface area contributed by atoms with Crippen LogP contribution >= 0.6 is 19.3 Å². The second kappa shape index (κ2) is 12.3. The highest BCUT2D eigenvalue weighted by Gasteiger charge is 2.43. The average Bonchev–Trinajstić information content (AvgIpc) is 3.55. The number of aliphatic hydroxyl groups is 1. The van der Waals surface area contributed by atoms with Crippen molar-refractivity contribution in [2.24, 2.45) is 0 Å². The van der Waals surface area contributed by atoms with E-state index in [1.54, 1.807) is 34.9 Å². The number of rotatable bonds is 11. The summed E-state index contributed by atoms with van der Waals surface area (Å²) in [5.74, 6) is -0.320. The van der Waals surface area contributed by atoms with Crippen LogP contribution in [0, 0.1) is 0 Å². The first-order chi connectivity index (χ1) is 19.3. The molecule has 0 bridgehead atoms. The Morgan fingerprint density at radius 1 is 1.18 bits per heavy atom. The highest BCUT2D eigenvalue weighted by Crippen LogP contribution is 2.49. The lowest BCUT2D eigenvalue weighted by atomic mass is 10.2. The summed E-state index contributed by atoms with van der Waals surface area (Å²) in [7, 11) is -4.19. The van der Waals surface area contributed by atoms with Crippen molar-refractivity contribution in [3.05, 3.63) is 77.8 Å². The number of anilines is 1. The average molecular weight is 589 g/mol. The number of imidazole rings is 1. The fourth-order valence-corrected chi connectivity index (χ4v) is 5.76. The Labute approximate surface area is 233 Å². The highest BCUT2D eigenvalue weighted by atomic mass is 35.5. The number of hydrogen-bond acceptors (Lipinski definition) is 11. The van der Waals surface area contributed by atoms with Crippen LogP contribution in [-0.2, 0) is 30.0 Å². The quantitative estimate of drug-likeness (QED) is 0.133. The van der Waals surface area contributed by atoms with Gasteiger partial charge in [0.05, 0.1) is 12.9 Å². The van der Waals surface area contributed by atoms with Gasteiger partial charge in [0, 0.05) is 6.42 Å². The van der Waals surface area contributed by atoms with Gasteiger partial charge >= 0.3 is 13.7 Å². The van der Waals surface area contributed by atoms with E-state index >= 15 is 0 Å². The van der Waals surface area contributed by atoms with E-state index in [4.69, 9.17) is 35.9 Å². The van der Waals surface area contributed by atoms with Gasteiger partial charge in [-0.15, -0.1) is 0 Å². The number of esters is 1. The number of aliphatic hydroxyl groups excluding tert-OH is 1. The van der Waals surface area contributed by atoms with Crippen LogP contribution in [0.5, 0.6) is 5.75 Å². The van der Waals surface area contributed by atoms with Gasteiger partial charge in [0.2, 0.25) is 5.28 Å². The number of halogens is 1. The van der Waals surface area contributed by atoms with Crippen LogP contribution in [0.4, 0.5) is 5.82 Å². The number of nitrogens with two attached hydrogens (primary N) is 1. The lowest BCUT2D eigenvalue weighted by Gasteiger charge is -2.24. The van der Waals surface area contributed by atoms with Crippen LogP contribution in [0.2, 0.25) is 5.28 Å². The second-order valence-electron chi connectivity index (χ2n) is 8.78. The lowest BCUT2D eigenvalue weighted by Crippen LogP contribution is -2.32. The number of aromatic nitrogens is 4. The zero-order valence-corrected chi connectivity index (χ0v) is 22.6. The molecule has 0 amide bonds. The van der Waals surface area contributed by atoms with Gasteiger partial charge in [-0.1, -0.05) is 48.5 Å². The van der Waals surface area contributed by atoms with Gasteiger partial charge < -0.3 is 24.8 Å². The Balaban J connectivity index is 1.31. The van der Waals surface area contributed by atoms with Gasteiger partial charge in [-0.3, -0.25) is 13.9 Å². The third kappa shape index (κ3) is 6.58. The summed E-state index contributed by atoms with van der Waals surface area (Å²) in [5, 5.41) is 12.5. The molecule has 40 heavy (non-hydrogen) atoms. The smallest absolute Gasteiger partial charge is 0.459 e. The van der Waals surface area contributed by atoms with E-state index in [0.717, 1.165) is 5.56 Å². The molecule has 4 atom stereocenters. The molecule has 4 aromatic rings. The number of carbonyl (C=O) groups is 1. The summed E-state index contributed by atoms with van der Waals surface area (Å²) in [6, 6.07) is 17.5. The maximum atomic E-state index is 13.9. The molecule has 2 aromatic carbocycles. The normalized spacial score (nSPS) is 20.3. The summed E-state index contributed by atoms with van der Waals surface area (Å²) in [6.45, 7) is -0.859. The number of benzene rings is 2. The third-order valence-electron chi connectivity index (χ3n) is 5.99. The SMILES string of the molecule is Nc1nc(Cl)nc2c1ncn2[C@H]1CC(OP(=O)(NCC(=O)OCc2ccccc2)Oc2ccccc2)C(CO)O1. The van der Waals surface area contributed by atoms with Crippen molar-refractivity contribution in [2.45, 2.75) is 31.5 Å². The largest absolute Gasteiger partial charge is 0.460 e. The summed E-state index contributed by atoms with van der Waals surface area (Å²) in [4.78, 5) is 24.7. The van der Waals surface area contributed by atoms with Crippen molar-refractivity contribution in [1.82, 2.24) is 24.6 Å². The van der Waals surface area contributed by atoms with Gasteiger partial charge in [0.1, 0.15) is 42.9 Å². The number of carbonyl (C=O) groups excluding carboxylic acids is 1. The van der Waals surface area contributed by atoms with Crippen LogP contribution in [0.25, 0.3) is 11.2 Å². The summed E-state index contributed by atoms with van der Waals surface area (Å²) < 4.78 is 38.3. The maximum Gasteiger partial charge on any atom is 0.459 e. The number of nitrogen functional groups attached to an aromatic ring is 1. The van der Waals surface area contributed by atoms with E-state index in [2.05, 4.69) is 20.0 Å². The molecular formula is C25H26ClN6O7P. The minimum Gasteiger partial charge on any atom is -0.460 e. The van der Waals surface area contributed by atoms with Gasteiger partial charge in [-0.2, -0.15) is 9.97 Å². The lowest BCUT2D eigenvalue weighted by molar-refractivity contribution is -0.143. The molecule has 0 aliphatic carbocycles. The van der Waals surface area contributed by atoms with Crippen LogP contribution in [-0.4, -0.2) is 56.0 Å². The molecule has 1 aliphatic rings. The fourth-order valence-electron chi connectivity index (χ4n) is 4.11. The van der Waals surface area contributed by atoms with E-state index in [1.807, 2.05) is 30.3 Å². The first-order valence-corrected chi connectivity index (χ1v) is 14.2. The standard InChI is InChI=1S/C25H26ClN6O7P/c26-25-30-23(27)22-24(31-25)32(15-28-22)20-11-18(19(13-33)37-20)39-40(35,38-17-9-5-2-6-10-17)29-12-21(34)36-14-16-7-3-1-4-8-16/h1-10,15,18-20,33H,11-14H2,(H,29,35)(H2,27,30,31)/t18?,19?,20-,40?/m1/s1. The molecular weight excluding hydrogens is 563 g/mol. The first kappa shape index (κ1) is 28.0. The van der Waals surface area contributed by atoms with E-state index in [-0.39, 0.29) is 29.9 Å².